The van der Waals surface area contributed by atoms with Crippen LogP contribution in [0.5, 0.6) is 0 Å². The molecule has 1 aromatic carbocycles. The van der Waals surface area contributed by atoms with E-state index in [0.717, 1.165) is 13.1 Å². The molecule has 0 aromatic heterocycles. The maximum Gasteiger partial charge on any atom is 0.151 e. The lowest BCUT2D eigenvalue weighted by Crippen LogP contribution is -2.22. The van der Waals surface area contributed by atoms with Gasteiger partial charge in [0.2, 0.25) is 0 Å². The molecule has 2 N–H and O–H groups in total. The molecular weight excluding hydrogens is 210 g/mol. The van der Waals surface area contributed by atoms with E-state index >= 15 is 0 Å². The first-order valence-electron chi connectivity index (χ1n) is 5.64. The second kappa shape index (κ2) is 3.34. The summed E-state index contributed by atoms with van der Waals surface area (Å²) in [7, 11) is 0. The van der Waals surface area contributed by atoms with Crippen LogP contribution in [0.15, 0.2) is 12.1 Å². The van der Waals surface area contributed by atoms with Crippen LogP contribution in [0, 0.1) is 23.5 Å². The van der Waals surface area contributed by atoms with Crippen LogP contribution in [0.4, 0.5) is 20.2 Å². The Kier molecular flexibility index (Phi) is 2.06. The number of halogens is 2. The molecule has 0 radical (unpaired) electrons. The zero-order valence-electron chi connectivity index (χ0n) is 8.92. The van der Waals surface area contributed by atoms with Crippen LogP contribution in [0.25, 0.3) is 0 Å². The van der Waals surface area contributed by atoms with Crippen molar-refractivity contribution in [1.82, 2.24) is 0 Å². The van der Waals surface area contributed by atoms with E-state index < -0.39 is 11.6 Å². The minimum atomic E-state index is -0.543. The van der Waals surface area contributed by atoms with Crippen LogP contribution in [0.2, 0.25) is 0 Å². The van der Waals surface area contributed by atoms with Gasteiger partial charge in [-0.3, -0.25) is 0 Å². The monoisotopic (exact) mass is 224 g/mol. The van der Waals surface area contributed by atoms with Crippen molar-refractivity contribution in [3.63, 3.8) is 0 Å². The number of hydrogen-bond donors (Lipinski definition) is 1. The number of rotatable bonds is 1. The molecule has 1 aromatic rings. The molecule has 2 unspecified atom stereocenters. The quantitative estimate of drug-likeness (QED) is 0.742. The van der Waals surface area contributed by atoms with Gasteiger partial charge in [-0.25, -0.2) is 8.78 Å². The molecule has 1 saturated heterocycles. The molecule has 0 spiro atoms. The first kappa shape index (κ1) is 9.87. The highest BCUT2D eigenvalue weighted by Crippen LogP contribution is 2.43. The normalized spacial score (nSPS) is 27.8. The van der Waals surface area contributed by atoms with Crippen LogP contribution in [-0.4, -0.2) is 13.1 Å². The number of hydrogen-bond acceptors (Lipinski definition) is 2. The van der Waals surface area contributed by atoms with Gasteiger partial charge in [-0.1, -0.05) is 0 Å². The highest BCUT2D eigenvalue weighted by molar-refractivity contribution is 5.56. The van der Waals surface area contributed by atoms with E-state index in [-0.39, 0.29) is 11.4 Å². The molecule has 2 fully saturated rings. The summed E-state index contributed by atoms with van der Waals surface area (Å²) in [4.78, 5) is 1.83. The lowest BCUT2D eigenvalue weighted by atomic mass is 9.77. The van der Waals surface area contributed by atoms with E-state index in [9.17, 15) is 8.78 Å². The SMILES string of the molecule is Nc1cc(F)c(N2CC3CCC3C2)c(F)c1. The molecular formula is C12H14F2N2. The Morgan fingerprint density at radius 2 is 1.56 bits per heavy atom. The van der Waals surface area contributed by atoms with Crippen molar-refractivity contribution >= 4 is 11.4 Å². The number of nitrogens with two attached hydrogens (primary N) is 1. The number of fused-ring (bicyclic) bond motifs is 1. The molecule has 3 rings (SSSR count). The van der Waals surface area contributed by atoms with Crippen LogP contribution in [0.1, 0.15) is 12.8 Å². The number of anilines is 2. The zero-order valence-corrected chi connectivity index (χ0v) is 8.92. The standard InChI is InChI=1S/C12H14F2N2/c13-10-3-9(15)4-11(14)12(10)16-5-7-1-2-8(7)6-16/h3-4,7-8H,1-2,5-6,15H2. The van der Waals surface area contributed by atoms with Gasteiger partial charge in [-0.2, -0.15) is 0 Å². The van der Waals surface area contributed by atoms with Gasteiger partial charge in [-0.15, -0.1) is 0 Å². The lowest BCUT2D eigenvalue weighted by Gasteiger charge is -2.27. The Morgan fingerprint density at radius 3 is 2.00 bits per heavy atom. The van der Waals surface area contributed by atoms with Crippen molar-refractivity contribution in [2.45, 2.75) is 12.8 Å². The van der Waals surface area contributed by atoms with Gasteiger partial charge in [0.1, 0.15) is 5.69 Å². The summed E-state index contributed by atoms with van der Waals surface area (Å²) >= 11 is 0. The van der Waals surface area contributed by atoms with Crippen LogP contribution >= 0.6 is 0 Å². The third-order valence-corrected chi connectivity index (χ3v) is 3.84. The highest BCUT2D eigenvalue weighted by atomic mass is 19.1. The smallest absolute Gasteiger partial charge is 0.151 e. The first-order chi connectivity index (χ1) is 7.65. The van der Waals surface area contributed by atoms with E-state index in [0.29, 0.717) is 11.8 Å². The van der Waals surface area contributed by atoms with E-state index in [2.05, 4.69) is 0 Å². The summed E-state index contributed by atoms with van der Waals surface area (Å²) in [5.41, 5.74) is 5.64. The van der Waals surface area contributed by atoms with E-state index in [1.165, 1.54) is 25.0 Å². The van der Waals surface area contributed by atoms with E-state index in [1.54, 1.807) is 0 Å². The van der Waals surface area contributed by atoms with Crippen molar-refractivity contribution < 1.29 is 8.78 Å². The van der Waals surface area contributed by atoms with Gasteiger partial charge >= 0.3 is 0 Å². The minimum absolute atomic E-state index is 0.101. The summed E-state index contributed by atoms with van der Waals surface area (Å²) < 4.78 is 27.4. The van der Waals surface area contributed by atoms with Gasteiger partial charge < -0.3 is 10.6 Å². The molecule has 16 heavy (non-hydrogen) atoms. The van der Waals surface area contributed by atoms with Gasteiger partial charge in [0.25, 0.3) is 0 Å². The molecule has 1 heterocycles. The molecule has 1 aliphatic carbocycles. The Labute approximate surface area is 93.0 Å². The molecule has 1 aliphatic heterocycles. The Bertz CT molecular complexity index is 398. The fraction of sp³-hybridized carbons (Fsp3) is 0.500. The van der Waals surface area contributed by atoms with Crippen molar-refractivity contribution in [2.75, 3.05) is 23.7 Å². The number of nitrogen functional groups attached to an aromatic ring is 1. The average molecular weight is 224 g/mol. The Morgan fingerprint density at radius 1 is 1.06 bits per heavy atom. The molecule has 1 saturated carbocycles. The summed E-state index contributed by atoms with van der Waals surface area (Å²) in [6.45, 7) is 1.56. The highest BCUT2D eigenvalue weighted by Gasteiger charge is 2.40. The number of benzene rings is 1. The predicted octanol–water partition coefficient (Wildman–Crippen LogP) is 2.39. The fourth-order valence-electron chi connectivity index (χ4n) is 2.83. The summed E-state index contributed by atoms with van der Waals surface area (Å²) in [5, 5.41) is 0. The van der Waals surface area contributed by atoms with Crippen LogP contribution in [0.3, 0.4) is 0 Å². The van der Waals surface area contributed by atoms with Crippen molar-refractivity contribution in [1.29, 1.82) is 0 Å². The number of nitrogens with zero attached hydrogens (tertiary/aromatic N) is 1. The summed E-state index contributed by atoms with van der Waals surface area (Å²) in [5.74, 6) is 0.185. The van der Waals surface area contributed by atoms with Crippen LogP contribution < -0.4 is 10.6 Å². The average Bonchev–Trinajstić information content (AvgIpc) is 2.43. The van der Waals surface area contributed by atoms with Crippen molar-refractivity contribution in [2.24, 2.45) is 11.8 Å². The second-order valence-corrected chi connectivity index (χ2v) is 4.84. The van der Waals surface area contributed by atoms with Crippen molar-refractivity contribution in [3.05, 3.63) is 23.8 Å². The zero-order chi connectivity index (χ0) is 11.3. The molecule has 2 nitrogen and oxygen atoms in total. The van der Waals surface area contributed by atoms with Gasteiger partial charge in [-0.05, 0) is 36.8 Å². The topological polar surface area (TPSA) is 29.3 Å². The van der Waals surface area contributed by atoms with E-state index in [4.69, 9.17) is 5.73 Å². The third-order valence-electron chi connectivity index (χ3n) is 3.84. The summed E-state index contributed by atoms with van der Waals surface area (Å²) in [6.07, 6.45) is 2.39. The molecule has 86 valence electrons. The minimum Gasteiger partial charge on any atom is -0.399 e. The van der Waals surface area contributed by atoms with Gasteiger partial charge in [0.15, 0.2) is 11.6 Å². The maximum atomic E-state index is 13.7. The Hall–Kier alpha value is -1.32. The Balaban J connectivity index is 1.94. The van der Waals surface area contributed by atoms with Crippen molar-refractivity contribution in [3.8, 4) is 0 Å². The molecule has 0 bridgehead atoms. The molecule has 0 amide bonds. The van der Waals surface area contributed by atoms with E-state index in [1.807, 2.05) is 4.90 Å². The lowest BCUT2D eigenvalue weighted by molar-refractivity contribution is 0.243. The van der Waals surface area contributed by atoms with Gasteiger partial charge in [0, 0.05) is 18.8 Å². The summed E-state index contributed by atoms with van der Waals surface area (Å²) in [6, 6.07) is 2.39. The molecule has 4 heteroatoms. The second-order valence-electron chi connectivity index (χ2n) is 4.84. The van der Waals surface area contributed by atoms with Crippen LogP contribution in [-0.2, 0) is 0 Å². The molecule has 2 atom stereocenters. The first-order valence-corrected chi connectivity index (χ1v) is 5.64. The largest absolute Gasteiger partial charge is 0.399 e. The predicted molar refractivity (Wildman–Crippen MR) is 59.2 cm³/mol. The fourth-order valence-corrected chi connectivity index (χ4v) is 2.83. The van der Waals surface area contributed by atoms with Gasteiger partial charge in [0.05, 0.1) is 0 Å². The third kappa shape index (κ3) is 1.36. The molecule has 2 aliphatic rings. The maximum absolute atomic E-state index is 13.7.